The van der Waals surface area contributed by atoms with Crippen molar-refractivity contribution in [2.75, 3.05) is 19.6 Å². The van der Waals surface area contributed by atoms with Crippen LogP contribution in [-0.2, 0) is 6.42 Å². The molecule has 1 aliphatic heterocycles. The maximum Gasteiger partial charge on any atom is 0.253 e. The zero-order valence-electron chi connectivity index (χ0n) is 21.5. The van der Waals surface area contributed by atoms with Crippen molar-refractivity contribution in [3.05, 3.63) is 107 Å². The predicted octanol–water partition coefficient (Wildman–Crippen LogP) is 4.37. The molecular weight excluding hydrogens is 462 g/mol. The molecule has 3 N–H and O–H groups in total. The summed E-state index contributed by atoms with van der Waals surface area (Å²) >= 11 is 0. The van der Waals surface area contributed by atoms with Crippen molar-refractivity contribution in [1.29, 1.82) is 0 Å². The van der Waals surface area contributed by atoms with Crippen LogP contribution >= 0.6 is 0 Å². The van der Waals surface area contributed by atoms with Gasteiger partial charge in [0.25, 0.3) is 11.8 Å². The Morgan fingerprint density at radius 3 is 2.08 bits per heavy atom. The summed E-state index contributed by atoms with van der Waals surface area (Å²) in [6.45, 7) is 3.96. The first kappa shape index (κ1) is 26.6. The predicted molar refractivity (Wildman–Crippen MR) is 146 cm³/mol. The largest absolute Gasteiger partial charge is 0.390 e. The number of aliphatic hydroxyl groups is 1. The van der Waals surface area contributed by atoms with E-state index in [4.69, 9.17) is 0 Å². The fraction of sp³-hybridized carbons (Fsp3) is 0.355. The van der Waals surface area contributed by atoms with Crippen molar-refractivity contribution >= 4 is 11.8 Å². The van der Waals surface area contributed by atoms with Crippen LogP contribution in [0.15, 0.2) is 84.9 Å². The van der Waals surface area contributed by atoms with E-state index in [1.807, 2.05) is 65.6 Å². The second kappa shape index (κ2) is 13.2. The number of amides is 2. The van der Waals surface area contributed by atoms with Crippen LogP contribution in [0.3, 0.4) is 0 Å². The van der Waals surface area contributed by atoms with Crippen molar-refractivity contribution in [3.63, 3.8) is 0 Å². The van der Waals surface area contributed by atoms with E-state index in [0.29, 0.717) is 24.1 Å². The summed E-state index contributed by atoms with van der Waals surface area (Å²) in [7, 11) is 0. The standard InChI is InChI=1S/C31H37N3O3/c1-23(25-13-7-3-8-14-25)32-22-29(35)28(21-24-11-5-2-6-12-24)33-30(36)26-15-17-27(18-16-26)31(37)34-19-9-4-10-20-34/h2-3,5-8,11-18,23,28-29,32,35H,4,9-10,19-22H2,1H3,(H,33,36)/t23-,28+,29-/m1/s1. The summed E-state index contributed by atoms with van der Waals surface area (Å²) in [6.07, 6.45) is 2.95. The van der Waals surface area contributed by atoms with Crippen LogP contribution in [0.2, 0.25) is 0 Å². The maximum atomic E-state index is 13.2. The van der Waals surface area contributed by atoms with E-state index in [1.54, 1.807) is 24.3 Å². The molecule has 0 spiro atoms. The summed E-state index contributed by atoms with van der Waals surface area (Å²) < 4.78 is 0. The smallest absolute Gasteiger partial charge is 0.253 e. The van der Waals surface area contributed by atoms with Crippen LogP contribution < -0.4 is 10.6 Å². The van der Waals surface area contributed by atoms with Gasteiger partial charge in [0.15, 0.2) is 0 Å². The number of aliphatic hydroxyl groups excluding tert-OH is 1. The van der Waals surface area contributed by atoms with Gasteiger partial charge in [0, 0.05) is 36.8 Å². The summed E-state index contributed by atoms with van der Waals surface area (Å²) in [6, 6.07) is 26.3. The van der Waals surface area contributed by atoms with Gasteiger partial charge >= 0.3 is 0 Å². The van der Waals surface area contributed by atoms with Crippen LogP contribution in [0, 0.1) is 0 Å². The Hall–Kier alpha value is -3.48. The Morgan fingerprint density at radius 2 is 1.43 bits per heavy atom. The Balaban J connectivity index is 1.41. The van der Waals surface area contributed by atoms with Gasteiger partial charge in [0.2, 0.25) is 0 Å². The van der Waals surface area contributed by atoms with Gasteiger partial charge in [-0.25, -0.2) is 0 Å². The molecule has 0 unspecified atom stereocenters. The van der Waals surface area contributed by atoms with E-state index >= 15 is 0 Å². The molecule has 6 nitrogen and oxygen atoms in total. The molecule has 0 radical (unpaired) electrons. The lowest BCUT2D eigenvalue weighted by Gasteiger charge is -2.27. The first-order valence-corrected chi connectivity index (χ1v) is 13.2. The molecule has 0 aliphatic carbocycles. The number of hydrogen-bond acceptors (Lipinski definition) is 4. The SMILES string of the molecule is C[C@@H](NC[C@@H](O)[C@H](Cc1ccccc1)NC(=O)c1ccc(C(=O)N2CCCCC2)cc1)c1ccccc1. The van der Waals surface area contributed by atoms with Gasteiger partial charge < -0.3 is 20.6 Å². The number of nitrogens with one attached hydrogen (secondary N) is 2. The van der Waals surface area contributed by atoms with Crippen LogP contribution in [0.1, 0.15) is 64.1 Å². The minimum atomic E-state index is -0.796. The molecule has 1 fully saturated rings. The van der Waals surface area contributed by atoms with Crippen molar-refractivity contribution in [1.82, 2.24) is 15.5 Å². The molecule has 194 valence electrons. The molecule has 0 aromatic heterocycles. The van der Waals surface area contributed by atoms with Crippen molar-refractivity contribution in [2.24, 2.45) is 0 Å². The van der Waals surface area contributed by atoms with E-state index in [1.165, 1.54) is 6.42 Å². The Morgan fingerprint density at radius 1 is 0.838 bits per heavy atom. The summed E-state index contributed by atoms with van der Waals surface area (Å²) in [5.74, 6) is -0.254. The highest BCUT2D eigenvalue weighted by molar-refractivity contribution is 5.98. The first-order valence-electron chi connectivity index (χ1n) is 13.2. The number of rotatable bonds is 10. The highest BCUT2D eigenvalue weighted by atomic mass is 16.3. The molecule has 3 aromatic carbocycles. The van der Waals surface area contributed by atoms with Gasteiger partial charge in [0.1, 0.15) is 0 Å². The normalized spacial score (nSPS) is 16.0. The summed E-state index contributed by atoms with van der Waals surface area (Å²) in [5.41, 5.74) is 3.23. The van der Waals surface area contributed by atoms with Crippen molar-refractivity contribution in [3.8, 4) is 0 Å². The molecule has 6 heteroatoms. The second-order valence-corrected chi connectivity index (χ2v) is 9.81. The van der Waals surface area contributed by atoms with Gasteiger partial charge in [-0.1, -0.05) is 60.7 Å². The quantitative estimate of drug-likeness (QED) is 0.387. The highest BCUT2D eigenvalue weighted by Gasteiger charge is 2.24. The first-order chi connectivity index (χ1) is 18.0. The lowest BCUT2D eigenvalue weighted by molar-refractivity contribution is 0.0723. The number of nitrogens with zero attached hydrogens (tertiary/aromatic N) is 1. The fourth-order valence-electron chi connectivity index (χ4n) is 4.75. The molecule has 1 heterocycles. The number of carbonyl (C=O) groups excluding carboxylic acids is 2. The number of benzene rings is 3. The van der Waals surface area contributed by atoms with E-state index in [9.17, 15) is 14.7 Å². The van der Waals surface area contributed by atoms with E-state index in [2.05, 4.69) is 17.6 Å². The zero-order valence-corrected chi connectivity index (χ0v) is 21.5. The average molecular weight is 500 g/mol. The van der Waals surface area contributed by atoms with Crippen LogP contribution in [0.5, 0.6) is 0 Å². The van der Waals surface area contributed by atoms with Gasteiger partial charge in [-0.05, 0) is 68.0 Å². The lowest BCUT2D eigenvalue weighted by atomic mass is 9.99. The minimum absolute atomic E-state index is 0.0163. The Bertz CT molecular complexity index is 1130. The maximum absolute atomic E-state index is 13.2. The zero-order chi connectivity index (χ0) is 26.0. The van der Waals surface area contributed by atoms with Crippen LogP contribution in [-0.4, -0.2) is 53.6 Å². The summed E-state index contributed by atoms with van der Waals surface area (Å²) in [5, 5.41) is 17.5. The number of piperidine rings is 1. The van der Waals surface area contributed by atoms with E-state index in [0.717, 1.165) is 37.1 Å². The van der Waals surface area contributed by atoms with Gasteiger partial charge in [-0.15, -0.1) is 0 Å². The average Bonchev–Trinajstić information content (AvgIpc) is 2.96. The van der Waals surface area contributed by atoms with Gasteiger partial charge in [-0.2, -0.15) is 0 Å². The monoisotopic (exact) mass is 499 g/mol. The van der Waals surface area contributed by atoms with Gasteiger partial charge in [0.05, 0.1) is 12.1 Å². The van der Waals surface area contributed by atoms with Crippen LogP contribution in [0.25, 0.3) is 0 Å². The third kappa shape index (κ3) is 7.51. The molecule has 2 amide bonds. The summed E-state index contributed by atoms with van der Waals surface area (Å²) in [4.78, 5) is 27.8. The molecule has 3 atom stereocenters. The minimum Gasteiger partial charge on any atom is -0.390 e. The number of likely N-dealkylation sites (tertiary alicyclic amines) is 1. The topological polar surface area (TPSA) is 81.7 Å². The highest BCUT2D eigenvalue weighted by Crippen LogP contribution is 2.15. The molecule has 1 aliphatic rings. The van der Waals surface area contributed by atoms with Gasteiger partial charge in [-0.3, -0.25) is 9.59 Å². The van der Waals surface area contributed by atoms with E-state index in [-0.39, 0.29) is 17.9 Å². The molecule has 3 aromatic rings. The molecular formula is C31H37N3O3. The molecule has 4 rings (SSSR count). The molecule has 37 heavy (non-hydrogen) atoms. The second-order valence-electron chi connectivity index (χ2n) is 9.81. The third-order valence-electron chi connectivity index (χ3n) is 7.05. The van der Waals surface area contributed by atoms with Crippen molar-refractivity contribution in [2.45, 2.75) is 50.8 Å². The molecule has 1 saturated heterocycles. The van der Waals surface area contributed by atoms with Crippen LogP contribution in [0.4, 0.5) is 0 Å². The Labute approximate surface area is 219 Å². The number of hydrogen-bond donors (Lipinski definition) is 3. The lowest BCUT2D eigenvalue weighted by Crippen LogP contribution is -2.49. The van der Waals surface area contributed by atoms with E-state index < -0.39 is 12.1 Å². The molecule has 0 bridgehead atoms. The van der Waals surface area contributed by atoms with Crippen molar-refractivity contribution < 1.29 is 14.7 Å². The number of carbonyl (C=O) groups is 2. The molecule has 0 saturated carbocycles. The third-order valence-corrected chi connectivity index (χ3v) is 7.05. The fourth-order valence-corrected chi connectivity index (χ4v) is 4.75. The Kier molecular flexibility index (Phi) is 9.46.